The van der Waals surface area contributed by atoms with Crippen molar-refractivity contribution in [1.29, 1.82) is 0 Å². The molecule has 4 heteroatoms. The minimum absolute atomic E-state index is 0.362. The lowest BCUT2D eigenvalue weighted by Gasteiger charge is -2.07. The maximum atomic E-state index is 5.35. The Labute approximate surface area is 72.5 Å². The van der Waals surface area contributed by atoms with Crippen molar-refractivity contribution in [3.63, 3.8) is 0 Å². The second-order valence-corrected chi connectivity index (χ2v) is 3.09. The van der Waals surface area contributed by atoms with Crippen LogP contribution in [0.2, 0.25) is 0 Å². The smallest absolute Gasteiger partial charge is 0.0970 e. The van der Waals surface area contributed by atoms with Gasteiger partial charge in [-0.1, -0.05) is 12.2 Å². The maximum absolute atomic E-state index is 5.35. The van der Waals surface area contributed by atoms with E-state index in [-0.39, 0.29) is 0 Å². The first-order valence-electron chi connectivity index (χ1n) is 3.86. The second kappa shape index (κ2) is 4.64. The average molecular weight is 174 g/mol. The molecular formula is C7H14N2OS. The fourth-order valence-corrected chi connectivity index (χ4v) is 1.18. The van der Waals surface area contributed by atoms with Crippen molar-refractivity contribution >= 4 is 17.2 Å². The van der Waals surface area contributed by atoms with Gasteiger partial charge < -0.3 is 10.1 Å². The van der Waals surface area contributed by atoms with Gasteiger partial charge in [0.05, 0.1) is 17.8 Å². The van der Waals surface area contributed by atoms with Crippen LogP contribution in [0.1, 0.15) is 12.8 Å². The van der Waals surface area contributed by atoms with Gasteiger partial charge in [-0.2, -0.15) is 0 Å². The first-order valence-corrected chi connectivity index (χ1v) is 4.26. The van der Waals surface area contributed by atoms with Crippen molar-refractivity contribution in [2.45, 2.75) is 18.9 Å². The van der Waals surface area contributed by atoms with E-state index < -0.39 is 0 Å². The molecule has 1 atom stereocenters. The molecule has 1 unspecified atom stereocenters. The second-order valence-electron chi connectivity index (χ2n) is 2.60. The molecule has 0 aromatic heterocycles. The first kappa shape index (κ1) is 8.90. The van der Waals surface area contributed by atoms with E-state index in [0.29, 0.717) is 12.8 Å². The Morgan fingerprint density at radius 2 is 2.64 bits per heavy atom. The van der Waals surface area contributed by atoms with Crippen LogP contribution in [0.5, 0.6) is 0 Å². The van der Waals surface area contributed by atoms with Crippen LogP contribution in [0.15, 0.2) is 0 Å². The third-order valence-corrected chi connectivity index (χ3v) is 2.17. The average Bonchev–Trinajstić information content (AvgIpc) is 2.52. The number of hydrogen-bond acceptors (Lipinski definition) is 3. The first-order chi connectivity index (χ1) is 5.33. The summed E-state index contributed by atoms with van der Waals surface area (Å²) in [6, 6.07) is 0. The number of thiocarbonyl (C=S) groups is 1. The van der Waals surface area contributed by atoms with E-state index in [1.807, 2.05) is 7.05 Å². The Morgan fingerprint density at radius 3 is 3.18 bits per heavy atom. The summed E-state index contributed by atoms with van der Waals surface area (Å²) in [6.45, 7) is 1.66. The number of hydrogen-bond donors (Lipinski definition) is 2. The molecule has 0 amide bonds. The normalized spacial score (nSPS) is 23.5. The molecule has 64 valence electrons. The van der Waals surface area contributed by atoms with Gasteiger partial charge in [0.15, 0.2) is 0 Å². The predicted molar refractivity (Wildman–Crippen MR) is 48.6 cm³/mol. The summed E-state index contributed by atoms with van der Waals surface area (Å²) >= 11 is 5.00. The van der Waals surface area contributed by atoms with Gasteiger partial charge in [0.2, 0.25) is 0 Å². The van der Waals surface area contributed by atoms with Crippen LogP contribution in [0.25, 0.3) is 0 Å². The third kappa shape index (κ3) is 3.14. The molecule has 1 aliphatic heterocycles. The molecule has 2 N–H and O–H groups in total. The Hall–Kier alpha value is -0.190. The molecule has 0 spiro atoms. The standard InChI is InChI=1S/C7H14N2OS/c1-8-7(11)3-2-6-4-9-5-10-6/h6,9H,2-5H2,1H3,(H,8,11). The van der Waals surface area contributed by atoms with Crippen molar-refractivity contribution in [3.8, 4) is 0 Å². The summed E-state index contributed by atoms with van der Waals surface area (Å²) in [5, 5.41) is 6.07. The molecule has 1 rings (SSSR count). The molecule has 0 aromatic rings. The van der Waals surface area contributed by atoms with E-state index in [1.54, 1.807) is 0 Å². The highest BCUT2D eigenvalue weighted by molar-refractivity contribution is 7.80. The molecule has 1 aliphatic rings. The SMILES string of the molecule is CNC(=S)CCC1CNCO1. The van der Waals surface area contributed by atoms with Gasteiger partial charge >= 0.3 is 0 Å². The predicted octanol–water partition coefficient (Wildman–Crippen LogP) is 0.259. The maximum Gasteiger partial charge on any atom is 0.0970 e. The summed E-state index contributed by atoms with van der Waals surface area (Å²) in [7, 11) is 1.86. The highest BCUT2D eigenvalue weighted by Crippen LogP contribution is 2.05. The van der Waals surface area contributed by atoms with Gasteiger partial charge in [-0.05, 0) is 6.42 Å². The van der Waals surface area contributed by atoms with E-state index >= 15 is 0 Å². The summed E-state index contributed by atoms with van der Waals surface area (Å²) < 4.78 is 5.35. The zero-order valence-electron chi connectivity index (χ0n) is 6.72. The van der Waals surface area contributed by atoms with Crippen LogP contribution in [-0.4, -0.2) is 31.4 Å². The molecule has 1 saturated heterocycles. The van der Waals surface area contributed by atoms with Crippen molar-refractivity contribution < 1.29 is 4.74 Å². The van der Waals surface area contributed by atoms with Crippen LogP contribution < -0.4 is 10.6 Å². The Bertz CT molecular complexity index is 134. The minimum atomic E-state index is 0.362. The lowest BCUT2D eigenvalue weighted by Crippen LogP contribution is -2.20. The van der Waals surface area contributed by atoms with Crippen LogP contribution in [-0.2, 0) is 4.74 Å². The van der Waals surface area contributed by atoms with Crippen molar-refractivity contribution in [2.75, 3.05) is 20.3 Å². The fraction of sp³-hybridized carbons (Fsp3) is 0.857. The van der Waals surface area contributed by atoms with E-state index in [2.05, 4.69) is 10.6 Å². The quantitative estimate of drug-likeness (QED) is 0.601. The van der Waals surface area contributed by atoms with E-state index in [0.717, 1.165) is 24.4 Å². The molecule has 3 nitrogen and oxygen atoms in total. The molecule has 1 fully saturated rings. The van der Waals surface area contributed by atoms with Gasteiger partial charge in [0.1, 0.15) is 0 Å². The molecule has 1 heterocycles. The molecule has 0 saturated carbocycles. The Morgan fingerprint density at radius 1 is 1.82 bits per heavy atom. The van der Waals surface area contributed by atoms with Crippen molar-refractivity contribution in [1.82, 2.24) is 10.6 Å². The lowest BCUT2D eigenvalue weighted by atomic mass is 10.2. The highest BCUT2D eigenvalue weighted by atomic mass is 32.1. The summed E-state index contributed by atoms with van der Waals surface area (Å²) in [4.78, 5) is 0.917. The molecular weight excluding hydrogens is 160 g/mol. The van der Waals surface area contributed by atoms with Gasteiger partial charge in [-0.25, -0.2) is 0 Å². The molecule has 0 bridgehead atoms. The van der Waals surface area contributed by atoms with Crippen LogP contribution in [0, 0.1) is 0 Å². The summed E-state index contributed by atoms with van der Waals surface area (Å²) in [5.74, 6) is 0. The lowest BCUT2D eigenvalue weighted by molar-refractivity contribution is 0.108. The van der Waals surface area contributed by atoms with Gasteiger partial charge in [0.25, 0.3) is 0 Å². The van der Waals surface area contributed by atoms with Crippen molar-refractivity contribution in [2.24, 2.45) is 0 Å². The van der Waals surface area contributed by atoms with Crippen LogP contribution >= 0.6 is 12.2 Å². The number of nitrogens with one attached hydrogen (secondary N) is 2. The number of rotatable bonds is 3. The van der Waals surface area contributed by atoms with Crippen LogP contribution in [0.4, 0.5) is 0 Å². The topological polar surface area (TPSA) is 33.3 Å². The summed E-state index contributed by atoms with van der Waals surface area (Å²) in [6.07, 6.45) is 2.31. The summed E-state index contributed by atoms with van der Waals surface area (Å²) in [5.41, 5.74) is 0. The van der Waals surface area contributed by atoms with Crippen LogP contribution in [0.3, 0.4) is 0 Å². The van der Waals surface area contributed by atoms with E-state index in [9.17, 15) is 0 Å². The third-order valence-electron chi connectivity index (χ3n) is 1.77. The molecule has 11 heavy (non-hydrogen) atoms. The zero-order valence-corrected chi connectivity index (χ0v) is 7.54. The zero-order chi connectivity index (χ0) is 8.10. The minimum Gasteiger partial charge on any atom is -0.383 e. The monoisotopic (exact) mass is 174 g/mol. The highest BCUT2D eigenvalue weighted by Gasteiger charge is 2.14. The van der Waals surface area contributed by atoms with Gasteiger partial charge in [-0.15, -0.1) is 0 Å². The number of ether oxygens (including phenoxy) is 1. The van der Waals surface area contributed by atoms with Crippen molar-refractivity contribution in [3.05, 3.63) is 0 Å². The molecule has 0 radical (unpaired) electrons. The van der Waals surface area contributed by atoms with Gasteiger partial charge in [-0.3, -0.25) is 5.32 Å². The van der Waals surface area contributed by atoms with E-state index in [1.165, 1.54) is 0 Å². The fourth-order valence-electron chi connectivity index (χ4n) is 1.06. The van der Waals surface area contributed by atoms with E-state index in [4.69, 9.17) is 17.0 Å². The largest absolute Gasteiger partial charge is 0.383 e. The Kier molecular flexibility index (Phi) is 3.76. The van der Waals surface area contributed by atoms with Gasteiger partial charge in [0, 0.05) is 20.0 Å². The molecule has 0 aromatic carbocycles. The Balaban J connectivity index is 2.06. The molecule has 0 aliphatic carbocycles.